The lowest BCUT2D eigenvalue weighted by molar-refractivity contribution is 0.0406. The largest absolute Gasteiger partial charge is 0.478 e. The first-order valence-electron chi connectivity index (χ1n) is 10.4. The molecule has 6 rings (SSSR count). The fourth-order valence-corrected chi connectivity index (χ4v) is 5.09. The SMILES string of the molecule is O=C1c2ccccc2C(=O)c2c1oc1c3c(ccc21)OCN(C1CCCCC1)C3. The fourth-order valence-electron chi connectivity index (χ4n) is 5.09. The lowest BCUT2D eigenvalue weighted by atomic mass is 9.87. The van der Waals surface area contributed by atoms with Gasteiger partial charge in [0.25, 0.3) is 0 Å². The van der Waals surface area contributed by atoms with Crippen molar-refractivity contribution in [1.29, 1.82) is 0 Å². The normalized spacial score (nSPS) is 19.6. The number of hydrogen-bond donors (Lipinski definition) is 0. The van der Waals surface area contributed by atoms with Crippen LogP contribution in [0.4, 0.5) is 0 Å². The van der Waals surface area contributed by atoms with Crippen LogP contribution in [0, 0.1) is 0 Å². The molecular formula is C24H21NO4. The zero-order valence-corrected chi connectivity index (χ0v) is 16.1. The number of carbonyl (C=O) groups excluding carboxylic acids is 2. The van der Waals surface area contributed by atoms with E-state index >= 15 is 0 Å². The van der Waals surface area contributed by atoms with Gasteiger partial charge in [-0.2, -0.15) is 0 Å². The smallest absolute Gasteiger partial charge is 0.229 e. The summed E-state index contributed by atoms with van der Waals surface area (Å²) in [4.78, 5) is 28.5. The molecule has 2 heterocycles. The van der Waals surface area contributed by atoms with E-state index in [9.17, 15) is 9.59 Å². The molecule has 2 aromatic carbocycles. The second-order valence-electron chi connectivity index (χ2n) is 8.24. The molecule has 0 amide bonds. The molecule has 0 N–H and O–H groups in total. The van der Waals surface area contributed by atoms with E-state index in [1.807, 2.05) is 12.1 Å². The first kappa shape index (κ1) is 17.0. The Labute approximate surface area is 168 Å². The number of nitrogens with zero attached hydrogens (tertiary/aromatic N) is 1. The minimum absolute atomic E-state index is 0.144. The fraction of sp³-hybridized carbons (Fsp3) is 0.333. The molecule has 0 bridgehead atoms. The number of fused-ring (bicyclic) bond motifs is 6. The van der Waals surface area contributed by atoms with Gasteiger partial charge in [0.1, 0.15) is 18.1 Å². The number of rotatable bonds is 1. The van der Waals surface area contributed by atoms with Crippen molar-refractivity contribution in [2.24, 2.45) is 0 Å². The van der Waals surface area contributed by atoms with Crippen molar-refractivity contribution in [3.63, 3.8) is 0 Å². The Balaban J connectivity index is 1.48. The highest BCUT2D eigenvalue weighted by Crippen LogP contribution is 2.41. The number of furan rings is 1. The zero-order valence-electron chi connectivity index (χ0n) is 16.1. The average Bonchev–Trinajstić information content (AvgIpc) is 3.18. The van der Waals surface area contributed by atoms with E-state index in [1.54, 1.807) is 24.3 Å². The molecule has 1 aliphatic heterocycles. The molecule has 146 valence electrons. The number of hydrogen-bond acceptors (Lipinski definition) is 5. The average molecular weight is 387 g/mol. The summed E-state index contributed by atoms with van der Waals surface area (Å²) >= 11 is 0. The van der Waals surface area contributed by atoms with Gasteiger partial charge in [0.2, 0.25) is 5.78 Å². The van der Waals surface area contributed by atoms with Crippen LogP contribution in [0.25, 0.3) is 11.0 Å². The van der Waals surface area contributed by atoms with Crippen molar-refractivity contribution < 1.29 is 18.7 Å². The molecule has 1 saturated carbocycles. The molecule has 0 radical (unpaired) electrons. The molecule has 0 atom stereocenters. The Morgan fingerprint density at radius 1 is 0.897 bits per heavy atom. The number of benzene rings is 2. The molecule has 29 heavy (non-hydrogen) atoms. The number of ether oxygens (including phenoxy) is 1. The maximum atomic E-state index is 13.2. The molecule has 3 aromatic rings. The Kier molecular flexibility index (Phi) is 3.68. The van der Waals surface area contributed by atoms with E-state index in [4.69, 9.17) is 9.15 Å². The molecule has 5 heteroatoms. The van der Waals surface area contributed by atoms with Gasteiger partial charge in [-0.3, -0.25) is 14.5 Å². The van der Waals surface area contributed by atoms with Gasteiger partial charge in [-0.05, 0) is 25.0 Å². The topological polar surface area (TPSA) is 59.8 Å². The summed E-state index contributed by atoms with van der Waals surface area (Å²) in [6, 6.07) is 11.2. The second kappa shape index (κ2) is 6.29. The van der Waals surface area contributed by atoms with Gasteiger partial charge in [-0.1, -0.05) is 43.5 Å². The zero-order chi connectivity index (χ0) is 19.5. The van der Waals surface area contributed by atoms with E-state index in [0.29, 0.717) is 40.4 Å². The summed E-state index contributed by atoms with van der Waals surface area (Å²) in [6.45, 7) is 1.30. The van der Waals surface area contributed by atoms with Crippen LogP contribution in [-0.4, -0.2) is 29.2 Å². The van der Waals surface area contributed by atoms with Gasteiger partial charge in [0, 0.05) is 29.1 Å². The minimum atomic E-state index is -0.221. The molecule has 1 aromatic heterocycles. The van der Waals surface area contributed by atoms with Crippen LogP contribution < -0.4 is 4.74 Å². The first-order chi connectivity index (χ1) is 14.2. The highest BCUT2D eigenvalue weighted by atomic mass is 16.5. The van der Waals surface area contributed by atoms with Crippen molar-refractivity contribution in [1.82, 2.24) is 4.90 Å². The summed E-state index contributed by atoms with van der Waals surface area (Å²) in [6.07, 6.45) is 6.20. The van der Waals surface area contributed by atoms with E-state index < -0.39 is 0 Å². The highest BCUT2D eigenvalue weighted by molar-refractivity contribution is 6.31. The maximum absolute atomic E-state index is 13.2. The quantitative estimate of drug-likeness (QED) is 0.474. The Hall–Kier alpha value is -2.92. The third-order valence-corrected chi connectivity index (χ3v) is 6.61. The van der Waals surface area contributed by atoms with Crippen molar-refractivity contribution in [2.45, 2.75) is 44.7 Å². The van der Waals surface area contributed by atoms with Crippen molar-refractivity contribution in [3.05, 3.63) is 64.4 Å². The third kappa shape index (κ3) is 2.43. The summed E-state index contributed by atoms with van der Waals surface area (Å²) in [7, 11) is 0. The van der Waals surface area contributed by atoms with E-state index in [2.05, 4.69) is 4.90 Å². The Morgan fingerprint density at radius 3 is 2.45 bits per heavy atom. The summed E-state index contributed by atoms with van der Waals surface area (Å²) in [5.74, 6) is 0.579. The summed E-state index contributed by atoms with van der Waals surface area (Å²) in [5.41, 5.74) is 2.81. The molecule has 0 saturated heterocycles. The van der Waals surface area contributed by atoms with Gasteiger partial charge in [0.15, 0.2) is 11.5 Å². The monoisotopic (exact) mass is 387 g/mol. The number of ketones is 2. The Bertz CT molecular complexity index is 1170. The van der Waals surface area contributed by atoms with E-state index in [1.165, 1.54) is 32.1 Å². The maximum Gasteiger partial charge on any atom is 0.229 e. The highest BCUT2D eigenvalue weighted by Gasteiger charge is 2.37. The lowest BCUT2D eigenvalue weighted by Gasteiger charge is -2.37. The van der Waals surface area contributed by atoms with Crippen molar-refractivity contribution in [2.75, 3.05) is 6.73 Å². The second-order valence-corrected chi connectivity index (χ2v) is 8.24. The van der Waals surface area contributed by atoms with Gasteiger partial charge in [0.05, 0.1) is 11.1 Å². The molecule has 3 aliphatic rings. The summed E-state index contributed by atoms with van der Waals surface area (Å²) < 4.78 is 12.1. The first-order valence-corrected chi connectivity index (χ1v) is 10.4. The van der Waals surface area contributed by atoms with Crippen LogP contribution in [0.3, 0.4) is 0 Å². The van der Waals surface area contributed by atoms with Crippen LogP contribution in [0.2, 0.25) is 0 Å². The predicted molar refractivity (Wildman–Crippen MR) is 107 cm³/mol. The molecule has 5 nitrogen and oxygen atoms in total. The van der Waals surface area contributed by atoms with Gasteiger partial charge >= 0.3 is 0 Å². The van der Waals surface area contributed by atoms with Gasteiger partial charge in [-0.15, -0.1) is 0 Å². The standard InChI is InChI=1S/C24H21NO4/c26-21-15-8-4-5-9-16(15)22(27)24-20(21)17-10-11-19-18(23(17)29-24)12-25(13-28-19)14-6-2-1-3-7-14/h4-5,8-11,14H,1-3,6-7,12-13H2. The van der Waals surface area contributed by atoms with Crippen molar-refractivity contribution >= 4 is 22.5 Å². The molecule has 1 fully saturated rings. The predicted octanol–water partition coefficient (Wildman–Crippen LogP) is 4.69. The molecule has 2 aliphatic carbocycles. The van der Waals surface area contributed by atoms with Crippen LogP contribution in [0.5, 0.6) is 5.75 Å². The van der Waals surface area contributed by atoms with Crippen LogP contribution in [0.15, 0.2) is 40.8 Å². The lowest BCUT2D eigenvalue weighted by Crippen LogP contribution is -2.41. The van der Waals surface area contributed by atoms with Crippen LogP contribution >= 0.6 is 0 Å². The van der Waals surface area contributed by atoms with Crippen LogP contribution in [-0.2, 0) is 6.54 Å². The summed E-state index contributed by atoms with van der Waals surface area (Å²) in [5, 5.41) is 0.709. The molecule has 0 unspecified atom stereocenters. The number of carbonyl (C=O) groups is 2. The molecular weight excluding hydrogens is 366 g/mol. The van der Waals surface area contributed by atoms with Crippen molar-refractivity contribution in [3.8, 4) is 5.75 Å². The van der Waals surface area contributed by atoms with E-state index in [0.717, 1.165) is 17.9 Å². The minimum Gasteiger partial charge on any atom is -0.478 e. The molecule has 0 spiro atoms. The van der Waals surface area contributed by atoms with Crippen LogP contribution in [0.1, 0.15) is 69.7 Å². The third-order valence-electron chi connectivity index (χ3n) is 6.61. The van der Waals surface area contributed by atoms with Gasteiger partial charge in [-0.25, -0.2) is 0 Å². The van der Waals surface area contributed by atoms with Gasteiger partial charge < -0.3 is 9.15 Å². The van der Waals surface area contributed by atoms with E-state index in [-0.39, 0.29) is 17.3 Å². The Morgan fingerprint density at radius 2 is 1.66 bits per heavy atom.